The van der Waals surface area contributed by atoms with Crippen molar-refractivity contribution in [2.45, 2.75) is 124 Å². The zero-order valence-electron chi connectivity index (χ0n) is 17.7. The van der Waals surface area contributed by atoms with Gasteiger partial charge in [0.1, 0.15) is 6.29 Å². The second-order valence-electron chi connectivity index (χ2n) is 8.71. The number of carboxylic acid groups (broad SMARTS) is 1. The number of hydrogen-bond acceptors (Lipinski definition) is 3. The molecule has 0 rings (SSSR count). The maximum absolute atomic E-state index is 11.2. The van der Waals surface area contributed by atoms with Gasteiger partial charge in [0.25, 0.3) is 0 Å². The van der Waals surface area contributed by atoms with Crippen molar-refractivity contribution in [3.05, 3.63) is 0 Å². The summed E-state index contributed by atoms with van der Waals surface area (Å²) in [5.74, 6) is -1.50. The minimum Gasteiger partial charge on any atom is -0.550 e. The molecule has 0 aromatic heterocycles. The Balaban J connectivity index is 3.48. The molecule has 0 aliphatic heterocycles. The molecule has 0 fully saturated rings. The van der Waals surface area contributed by atoms with Crippen LogP contribution in [-0.2, 0) is 9.59 Å². The van der Waals surface area contributed by atoms with E-state index < -0.39 is 17.3 Å². The Morgan fingerprint density at radius 1 is 0.808 bits per heavy atom. The number of unbranched alkanes of at least 4 members (excludes halogenated alkanes) is 13. The van der Waals surface area contributed by atoms with Crippen LogP contribution in [0.1, 0.15) is 124 Å². The predicted octanol–water partition coefficient (Wildman–Crippen LogP) is 5.84. The summed E-state index contributed by atoms with van der Waals surface area (Å²) in [4.78, 5) is 22.2. The summed E-state index contributed by atoms with van der Waals surface area (Å²) in [7, 11) is 0. The lowest BCUT2D eigenvalue weighted by atomic mass is 9.82. The van der Waals surface area contributed by atoms with Gasteiger partial charge in [0.15, 0.2) is 0 Å². The van der Waals surface area contributed by atoms with E-state index in [1.54, 1.807) is 13.8 Å². The number of hydrogen-bond donors (Lipinski definition) is 0. The summed E-state index contributed by atoms with van der Waals surface area (Å²) in [6.45, 7) is 5.85. The standard InChI is InChI=1S/C23H44O3/c1-4-5-6-7-8-9-10-11-12-13-14-15-16-17-18-21(22(25)26)19-23(2,3)20-24/h20-21H,4-19H2,1-3H3,(H,25,26)/p-1. The van der Waals surface area contributed by atoms with E-state index >= 15 is 0 Å². The predicted molar refractivity (Wildman–Crippen MR) is 108 cm³/mol. The van der Waals surface area contributed by atoms with Crippen molar-refractivity contribution in [3.63, 3.8) is 0 Å². The molecule has 0 amide bonds. The average molecular weight is 368 g/mol. The third-order valence-corrected chi connectivity index (χ3v) is 5.33. The van der Waals surface area contributed by atoms with Gasteiger partial charge in [0.2, 0.25) is 0 Å². The number of aliphatic carboxylic acids is 1. The van der Waals surface area contributed by atoms with Crippen LogP contribution in [0.3, 0.4) is 0 Å². The SMILES string of the molecule is CCCCCCCCCCCCCCCCC(CC(C)(C)C=O)C(=O)[O-]. The van der Waals surface area contributed by atoms with Gasteiger partial charge in [-0.2, -0.15) is 0 Å². The van der Waals surface area contributed by atoms with E-state index in [2.05, 4.69) is 6.92 Å². The van der Waals surface area contributed by atoms with Crippen molar-refractivity contribution < 1.29 is 14.7 Å². The zero-order valence-corrected chi connectivity index (χ0v) is 17.7. The molecule has 0 radical (unpaired) electrons. The van der Waals surface area contributed by atoms with E-state index in [1.165, 1.54) is 77.0 Å². The quantitative estimate of drug-likeness (QED) is 0.213. The fraction of sp³-hybridized carbons (Fsp3) is 0.913. The second-order valence-corrected chi connectivity index (χ2v) is 8.71. The fourth-order valence-corrected chi connectivity index (χ4v) is 3.57. The van der Waals surface area contributed by atoms with Gasteiger partial charge in [-0.05, 0) is 18.8 Å². The summed E-state index contributed by atoms with van der Waals surface area (Å²) >= 11 is 0. The molecular weight excluding hydrogens is 324 g/mol. The van der Waals surface area contributed by atoms with Crippen molar-refractivity contribution >= 4 is 12.3 Å². The largest absolute Gasteiger partial charge is 0.550 e. The molecule has 0 aliphatic carbocycles. The van der Waals surface area contributed by atoms with Gasteiger partial charge >= 0.3 is 0 Å². The van der Waals surface area contributed by atoms with E-state index in [0.29, 0.717) is 12.8 Å². The molecule has 0 spiro atoms. The Bertz CT molecular complexity index is 349. The molecule has 0 aromatic carbocycles. The Morgan fingerprint density at radius 3 is 1.54 bits per heavy atom. The first-order chi connectivity index (χ1) is 12.4. The maximum Gasteiger partial charge on any atom is 0.125 e. The van der Waals surface area contributed by atoms with Crippen molar-refractivity contribution in [1.29, 1.82) is 0 Å². The van der Waals surface area contributed by atoms with Crippen LogP contribution in [0, 0.1) is 11.3 Å². The number of carbonyl (C=O) groups is 2. The third-order valence-electron chi connectivity index (χ3n) is 5.33. The molecule has 1 atom stereocenters. The molecule has 0 aliphatic rings. The second kappa shape index (κ2) is 16.3. The van der Waals surface area contributed by atoms with Crippen molar-refractivity contribution in [3.8, 4) is 0 Å². The highest BCUT2D eigenvalue weighted by Crippen LogP contribution is 2.26. The first-order valence-electron chi connectivity index (χ1n) is 11.1. The fourth-order valence-electron chi connectivity index (χ4n) is 3.57. The van der Waals surface area contributed by atoms with Gasteiger partial charge < -0.3 is 14.7 Å². The van der Waals surface area contributed by atoms with E-state index in [9.17, 15) is 14.7 Å². The van der Waals surface area contributed by atoms with E-state index in [-0.39, 0.29) is 0 Å². The smallest absolute Gasteiger partial charge is 0.125 e. The lowest BCUT2D eigenvalue weighted by Gasteiger charge is -2.25. The lowest BCUT2D eigenvalue weighted by molar-refractivity contribution is -0.312. The molecule has 154 valence electrons. The highest BCUT2D eigenvalue weighted by Gasteiger charge is 2.23. The summed E-state index contributed by atoms with van der Waals surface area (Å²) in [6.07, 6.45) is 20.0. The molecule has 0 saturated carbocycles. The summed E-state index contributed by atoms with van der Waals surface area (Å²) in [5, 5.41) is 11.2. The minimum atomic E-state index is -1.00. The van der Waals surface area contributed by atoms with Crippen molar-refractivity contribution in [1.82, 2.24) is 0 Å². The summed E-state index contributed by atoms with van der Waals surface area (Å²) < 4.78 is 0. The van der Waals surface area contributed by atoms with Gasteiger partial charge in [-0.3, -0.25) is 0 Å². The highest BCUT2D eigenvalue weighted by molar-refractivity contribution is 5.69. The Hall–Kier alpha value is -0.860. The number of rotatable bonds is 19. The Kier molecular flexibility index (Phi) is 15.8. The molecule has 0 N–H and O–H groups in total. The van der Waals surface area contributed by atoms with Crippen LogP contribution in [0.25, 0.3) is 0 Å². The first-order valence-corrected chi connectivity index (χ1v) is 11.1. The third kappa shape index (κ3) is 15.4. The number of carbonyl (C=O) groups excluding carboxylic acids is 2. The van der Waals surface area contributed by atoms with Crippen LogP contribution in [0.4, 0.5) is 0 Å². The number of aldehydes is 1. The average Bonchev–Trinajstić information content (AvgIpc) is 2.60. The first kappa shape index (κ1) is 25.1. The van der Waals surface area contributed by atoms with Gasteiger partial charge in [-0.1, -0.05) is 111 Å². The summed E-state index contributed by atoms with van der Waals surface area (Å²) in [5.41, 5.74) is -0.569. The van der Waals surface area contributed by atoms with Gasteiger partial charge in [0, 0.05) is 11.4 Å². The normalized spacial score (nSPS) is 12.9. The molecule has 3 heteroatoms. The maximum atomic E-state index is 11.2. The van der Waals surface area contributed by atoms with Crippen LogP contribution in [-0.4, -0.2) is 12.3 Å². The topological polar surface area (TPSA) is 57.2 Å². The Labute approximate surface area is 162 Å². The molecule has 0 saturated heterocycles. The molecule has 0 heterocycles. The highest BCUT2D eigenvalue weighted by atomic mass is 16.4. The molecule has 0 bridgehead atoms. The van der Waals surface area contributed by atoms with E-state index in [1.807, 2.05) is 0 Å². The molecular formula is C23H43O3-. The van der Waals surface area contributed by atoms with Gasteiger partial charge in [0.05, 0.1) is 0 Å². The molecule has 0 aromatic rings. The molecule has 1 unspecified atom stereocenters. The van der Waals surface area contributed by atoms with Crippen LogP contribution in [0.5, 0.6) is 0 Å². The van der Waals surface area contributed by atoms with Crippen LogP contribution < -0.4 is 5.11 Å². The zero-order chi connectivity index (χ0) is 19.7. The van der Waals surface area contributed by atoms with Crippen LogP contribution >= 0.6 is 0 Å². The van der Waals surface area contributed by atoms with Crippen molar-refractivity contribution in [2.75, 3.05) is 0 Å². The Morgan fingerprint density at radius 2 is 1.19 bits per heavy atom. The van der Waals surface area contributed by atoms with Crippen LogP contribution in [0.15, 0.2) is 0 Å². The summed E-state index contributed by atoms with van der Waals surface area (Å²) in [6, 6.07) is 0. The van der Waals surface area contributed by atoms with E-state index in [0.717, 1.165) is 19.1 Å². The monoisotopic (exact) mass is 367 g/mol. The molecule has 3 nitrogen and oxygen atoms in total. The minimum absolute atomic E-state index is 0.386. The van der Waals surface area contributed by atoms with Crippen LogP contribution in [0.2, 0.25) is 0 Å². The van der Waals surface area contributed by atoms with E-state index in [4.69, 9.17) is 0 Å². The number of carboxylic acids is 1. The van der Waals surface area contributed by atoms with Gasteiger partial charge in [-0.15, -0.1) is 0 Å². The molecule has 26 heavy (non-hydrogen) atoms. The van der Waals surface area contributed by atoms with Gasteiger partial charge in [-0.25, -0.2) is 0 Å². The van der Waals surface area contributed by atoms with Crippen molar-refractivity contribution in [2.24, 2.45) is 11.3 Å². The lowest BCUT2D eigenvalue weighted by Crippen LogP contribution is -2.34.